The van der Waals surface area contributed by atoms with Crippen molar-refractivity contribution < 1.29 is 4.74 Å². The molecule has 1 saturated heterocycles. The van der Waals surface area contributed by atoms with Crippen molar-refractivity contribution in [2.75, 3.05) is 45.2 Å². The van der Waals surface area contributed by atoms with Crippen molar-refractivity contribution in [1.29, 1.82) is 0 Å². The molecule has 1 atom stereocenters. The van der Waals surface area contributed by atoms with Crippen LogP contribution < -0.4 is 15.9 Å². The fourth-order valence-corrected chi connectivity index (χ4v) is 4.83. The fourth-order valence-electron chi connectivity index (χ4n) is 3.94. The lowest BCUT2D eigenvalue weighted by Crippen LogP contribution is -2.52. The number of hydrogen-bond acceptors (Lipinski definition) is 6. The van der Waals surface area contributed by atoms with Crippen LogP contribution in [0.4, 0.5) is 5.00 Å². The number of aromatic nitrogens is 1. The van der Waals surface area contributed by atoms with E-state index < -0.39 is 0 Å². The predicted molar refractivity (Wildman–Crippen MR) is 127 cm³/mol. The second kappa shape index (κ2) is 10.6. The molecule has 2 aliphatic rings. The Balaban J connectivity index is 0.00000150. The Labute approximate surface area is 189 Å². The highest BCUT2D eigenvalue weighted by Crippen LogP contribution is 2.34. The van der Waals surface area contributed by atoms with Crippen molar-refractivity contribution in [2.24, 2.45) is 0 Å². The van der Waals surface area contributed by atoms with Crippen LogP contribution in [0.15, 0.2) is 24.4 Å². The molecular formula is C21H30Cl2N4OS. The van der Waals surface area contributed by atoms with Gasteiger partial charge in [-0.2, -0.15) is 0 Å². The standard InChI is InChI=1S/C21H28N4OS.2ClH/c1-4-26-11-7-17-14-25(10-9-24(17)3)20-18-12-15(2)27-21(18)23-13-16-6-5-8-22-19(16)20;;/h5-6,8,12-13,17,23H,4,7,9-11,14H2,1-3H3;2*1H. The third kappa shape index (κ3) is 5.06. The molecule has 0 aromatic carbocycles. The molecule has 4 rings (SSSR count). The summed E-state index contributed by atoms with van der Waals surface area (Å²) in [6.07, 6.45) is 5.05. The fraction of sp³-hybridized carbons (Fsp3) is 0.476. The molecule has 1 unspecified atom stereocenters. The van der Waals surface area contributed by atoms with Gasteiger partial charge in [0.2, 0.25) is 0 Å². The smallest absolute Gasteiger partial charge is 0.102 e. The molecule has 0 saturated carbocycles. The van der Waals surface area contributed by atoms with Crippen molar-refractivity contribution >= 4 is 53.0 Å². The van der Waals surface area contributed by atoms with E-state index in [0.717, 1.165) is 49.8 Å². The minimum absolute atomic E-state index is 0. The number of thiophene rings is 1. The van der Waals surface area contributed by atoms with Gasteiger partial charge in [0, 0.05) is 66.9 Å². The van der Waals surface area contributed by atoms with E-state index in [1.807, 2.05) is 23.6 Å². The summed E-state index contributed by atoms with van der Waals surface area (Å²) in [5.41, 5.74) is 2.54. The zero-order chi connectivity index (χ0) is 18.8. The first-order valence-corrected chi connectivity index (χ1v) is 10.5. The molecule has 0 aliphatic carbocycles. The van der Waals surface area contributed by atoms with Gasteiger partial charge in [0.1, 0.15) is 5.00 Å². The summed E-state index contributed by atoms with van der Waals surface area (Å²) in [5, 5.41) is 6.95. The van der Waals surface area contributed by atoms with Gasteiger partial charge < -0.3 is 15.0 Å². The largest absolute Gasteiger partial charge is 0.382 e. The van der Waals surface area contributed by atoms with Crippen LogP contribution in [0.25, 0.3) is 11.9 Å². The lowest BCUT2D eigenvalue weighted by molar-refractivity contribution is 0.0812. The number of likely N-dealkylation sites (N-methyl/N-ethyl adjacent to an activating group) is 1. The van der Waals surface area contributed by atoms with Crippen LogP contribution >= 0.6 is 36.2 Å². The molecule has 5 nitrogen and oxygen atoms in total. The number of rotatable bonds is 5. The Morgan fingerprint density at radius 3 is 2.93 bits per heavy atom. The number of nitrogens with one attached hydrogen (secondary N) is 1. The molecule has 1 N–H and O–H groups in total. The highest BCUT2D eigenvalue weighted by Gasteiger charge is 2.28. The maximum absolute atomic E-state index is 5.62. The number of hydrogen-bond donors (Lipinski definition) is 1. The van der Waals surface area contributed by atoms with E-state index in [2.05, 4.69) is 54.3 Å². The van der Waals surface area contributed by atoms with Gasteiger partial charge in [-0.1, -0.05) is 0 Å². The second-order valence-corrected chi connectivity index (χ2v) is 8.50. The Hall–Kier alpha value is -1.31. The van der Waals surface area contributed by atoms with E-state index in [-0.39, 0.29) is 24.8 Å². The molecule has 0 radical (unpaired) electrons. The van der Waals surface area contributed by atoms with Gasteiger partial charge in [-0.3, -0.25) is 9.88 Å². The zero-order valence-electron chi connectivity index (χ0n) is 17.2. The van der Waals surface area contributed by atoms with Crippen LogP contribution in [0, 0.1) is 6.92 Å². The van der Waals surface area contributed by atoms with Gasteiger partial charge in [-0.05, 0) is 45.5 Å². The Morgan fingerprint density at radius 2 is 2.14 bits per heavy atom. The molecule has 0 amide bonds. The number of fused-ring (bicyclic) bond motifs is 2. The Morgan fingerprint density at radius 1 is 1.31 bits per heavy atom. The van der Waals surface area contributed by atoms with Gasteiger partial charge in [-0.15, -0.1) is 36.2 Å². The molecule has 160 valence electrons. The van der Waals surface area contributed by atoms with E-state index in [1.54, 1.807) is 0 Å². The maximum Gasteiger partial charge on any atom is 0.102 e. The lowest BCUT2D eigenvalue weighted by Gasteiger charge is -2.41. The SMILES string of the molecule is CCOCCC1CN(C2=c3ncccc3=CNc3sc(C)cc32)CCN1C.Cl.Cl. The monoisotopic (exact) mass is 456 g/mol. The van der Waals surface area contributed by atoms with Crippen LogP contribution in [0.1, 0.15) is 23.8 Å². The summed E-state index contributed by atoms with van der Waals surface area (Å²) in [5.74, 6) is 0. The van der Waals surface area contributed by atoms with E-state index in [1.165, 1.54) is 21.1 Å². The van der Waals surface area contributed by atoms with E-state index >= 15 is 0 Å². The van der Waals surface area contributed by atoms with Gasteiger partial charge >= 0.3 is 0 Å². The third-order valence-electron chi connectivity index (χ3n) is 5.43. The number of piperazine rings is 1. The van der Waals surface area contributed by atoms with Crippen LogP contribution in [0.2, 0.25) is 0 Å². The summed E-state index contributed by atoms with van der Waals surface area (Å²) < 4.78 is 5.62. The molecular weight excluding hydrogens is 427 g/mol. The average molecular weight is 457 g/mol. The van der Waals surface area contributed by atoms with Crippen molar-refractivity contribution in [2.45, 2.75) is 26.3 Å². The number of halogens is 2. The zero-order valence-corrected chi connectivity index (χ0v) is 19.6. The summed E-state index contributed by atoms with van der Waals surface area (Å²) in [6, 6.07) is 6.94. The lowest BCUT2D eigenvalue weighted by atomic mass is 10.1. The normalized spacial score (nSPS) is 18.4. The minimum Gasteiger partial charge on any atom is -0.382 e. The van der Waals surface area contributed by atoms with Crippen LogP contribution in [-0.2, 0) is 4.74 Å². The molecule has 4 heterocycles. The number of nitrogens with zero attached hydrogens (tertiary/aromatic N) is 3. The maximum atomic E-state index is 5.62. The van der Waals surface area contributed by atoms with Crippen molar-refractivity contribution in [3.8, 4) is 0 Å². The molecule has 0 spiro atoms. The van der Waals surface area contributed by atoms with Crippen LogP contribution in [0.3, 0.4) is 0 Å². The van der Waals surface area contributed by atoms with Gasteiger partial charge in [0.05, 0.1) is 11.0 Å². The molecule has 0 bridgehead atoms. The minimum atomic E-state index is 0. The molecule has 29 heavy (non-hydrogen) atoms. The first-order chi connectivity index (χ1) is 13.2. The number of pyridine rings is 1. The third-order valence-corrected chi connectivity index (χ3v) is 6.41. The molecule has 2 aromatic heterocycles. The number of aryl methyl sites for hydroxylation is 1. The topological polar surface area (TPSA) is 40.6 Å². The van der Waals surface area contributed by atoms with Gasteiger partial charge in [0.25, 0.3) is 0 Å². The van der Waals surface area contributed by atoms with Crippen LogP contribution in [-0.4, -0.2) is 60.7 Å². The summed E-state index contributed by atoms with van der Waals surface area (Å²) in [7, 11) is 2.23. The number of anilines is 1. The van der Waals surface area contributed by atoms with Gasteiger partial charge in [0.15, 0.2) is 0 Å². The highest BCUT2D eigenvalue weighted by atomic mass is 35.5. The molecule has 8 heteroatoms. The highest BCUT2D eigenvalue weighted by molar-refractivity contribution is 7.16. The predicted octanol–water partition coefficient (Wildman–Crippen LogP) is 2.66. The van der Waals surface area contributed by atoms with Gasteiger partial charge in [-0.25, -0.2) is 0 Å². The molecule has 2 aliphatic heterocycles. The van der Waals surface area contributed by atoms with Crippen molar-refractivity contribution in [3.63, 3.8) is 0 Å². The second-order valence-electron chi connectivity index (χ2n) is 7.24. The Kier molecular flexibility index (Phi) is 8.79. The van der Waals surface area contributed by atoms with Crippen LogP contribution in [0.5, 0.6) is 0 Å². The van der Waals surface area contributed by atoms with E-state index in [4.69, 9.17) is 9.72 Å². The van der Waals surface area contributed by atoms with Crippen molar-refractivity contribution in [1.82, 2.24) is 14.8 Å². The Bertz CT molecular complexity index is 933. The molecule has 1 fully saturated rings. The average Bonchev–Trinajstić information content (AvgIpc) is 2.96. The quantitative estimate of drug-likeness (QED) is 0.700. The molecule has 2 aromatic rings. The first-order valence-electron chi connectivity index (χ1n) is 9.73. The first kappa shape index (κ1) is 24.0. The number of ether oxygens (including phenoxy) is 1. The summed E-state index contributed by atoms with van der Waals surface area (Å²) >= 11 is 1.81. The van der Waals surface area contributed by atoms with E-state index in [0.29, 0.717) is 6.04 Å². The summed E-state index contributed by atoms with van der Waals surface area (Å²) in [6.45, 7) is 8.91. The van der Waals surface area contributed by atoms with Crippen molar-refractivity contribution in [3.05, 3.63) is 45.4 Å². The van der Waals surface area contributed by atoms with E-state index in [9.17, 15) is 0 Å². The summed E-state index contributed by atoms with van der Waals surface area (Å²) in [4.78, 5) is 11.1.